The van der Waals surface area contributed by atoms with Crippen molar-refractivity contribution >= 4 is 12.4 Å². The van der Waals surface area contributed by atoms with Crippen molar-refractivity contribution in [2.45, 2.75) is 71.9 Å². The van der Waals surface area contributed by atoms with Gasteiger partial charge in [0.2, 0.25) is 0 Å². The molecule has 0 radical (unpaired) electrons. The summed E-state index contributed by atoms with van der Waals surface area (Å²) in [5.74, 6) is 0.174. The van der Waals surface area contributed by atoms with Crippen LogP contribution in [0.3, 0.4) is 0 Å². The Hall–Kier alpha value is -1.06. The maximum absolute atomic E-state index is 11.9. The predicted octanol–water partition coefficient (Wildman–Crippen LogP) is 3.30. The Morgan fingerprint density at radius 3 is 2.26 bits per heavy atom. The van der Waals surface area contributed by atoms with E-state index >= 15 is 0 Å². The quantitative estimate of drug-likeness (QED) is 0.800. The van der Waals surface area contributed by atoms with E-state index in [1.165, 1.54) is 0 Å². The van der Waals surface area contributed by atoms with Crippen LogP contribution in [-0.4, -0.2) is 23.5 Å². The highest BCUT2D eigenvalue weighted by molar-refractivity contribution is 5.76. The highest BCUT2D eigenvalue weighted by atomic mass is 16.6. The molecule has 1 rings (SSSR count). The third-order valence-electron chi connectivity index (χ3n) is 3.83. The number of aldehydes is 1. The summed E-state index contributed by atoms with van der Waals surface area (Å²) in [5, 5.41) is 2.75. The molecule has 4 nitrogen and oxygen atoms in total. The van der Waals surface area contributed by atoms with Gasteiger partial charge in [-0.1, -0.05) is 13.8 Å². The molecule has 0 aliphatic heterocycles. The minimum absolute atomic E-state index is 0.174. The lowest BCUT2D eigenvalue weighted by atomic mass is 9.82. The lowest BCUT2D eigenvalue weighted by Gasteiger charge is -2.33. The van der Waals surface area contributed by atoms with E-state index in [1.54, 1.807) is 6.92 Å². The molecule has 0 bridgehead atoms. The Balaban J connectivity index is 2.71. The molecule has 1 saturated carbocycles. The summed E-state index contributed by atoms with van der Waals surface area (Å²) in [6.07, 6.45) is 3.31. The van der Waals surface area contributed by atoms with E-state index in [9.17, 15) is 9.59 Å². The fourth-order valence-corrected chi connectivity index (χ4v) is 2.70. The highest BCUT2D eigenvalue weighted by Gasteiger charge is 2.43. The van der Waals surface area contributed by atoms with Crippen molar-refractivity contribution in [2.75, 3.05) is 0 Å². The van der Waals surface area contributed by atoms with E-state index in [4.69, 9.17) is 4.74 Å². The zero-order valence-electron chi connectivity index (χ0n) is 13.0. The SMILES string of the molecule is CC1(C)CCC(C(C)(C=O)NC(=O)OC(C)(C)C)C1. The van der Waals surface area contributed by atoms with Crippen molar-refractivity contribution in [1.82, 2.24) is 5.32 Å². The summed E-state index contributed by atoms with van der Waals surface area (Å²) < 4.78 is 5.24. The average Bonchev–Trinajstić information content (AvgIpc) is 2.56. The molecular formula is C15H27NO3. The molecule has 4 heteroatoms. The topological polar surface area (TPSA) is 55.4 Å². The zero-order chi connectivity index (χ0) is 14.9. The maximum atomic E-state index is 11.9. The second-order valence-electron chi connectivity index (χ2n) is 7.63. The molecule has 0 saturated heterocycles. The first-order valence-electron chi connectivity index (χ1n) is 6.95. The van der Waals surface area contributed by atoms with Crippen LogP contribution in [0.1, 0.15) is 60.8 Å². The third kappa shape index (κ3) is 4.51. The van der Waals surface area contributed by atoms with Crippen molar-refractivity contribution in [2.24, 2.45) is 11.3 Å². The third-order valence-corrected chi connectivity index (χ3v) is 3.83. The number of amides is 1. The number of rotatable bonds is 3. The molecule has 1 amide bonds. The molecular weight excluding hydrogens is 242 g/mol. The molecule has 0 spiro atoms. The Kier molecular flexibility index (Phi) is 4.33. The predicted molar refractivity (Wildman–Crippen MR) is 75.0 cm³/mol. The Bertz CT molecular complexity index is 357. The molecule has 1 aliphatic rings. The minimum atomic E-state index is -0.837. The summed E-state index contributed by atoms with van der Waals surface area (Å²) in [6.45, 7) is 11.6. The van der Waals surface area contributed by atoms with Crippen LogP contribution in [0, 0.1) is 11.3 Å². The lowest BCUT2D eigenvalue weighted by molar-refractivity contribution is -0.114. The molecule has 1 N–H and O–H groups in total. The largest absolute Gasteiger partial charge is 0.444 e. The summed E-state index contributed by atoms with van der Waals surface area (Å²) in [5.41, 5.74) is -1.15. The van der Waals surface area contributed by atoms with Gasteiger partial charge < -0.3 is 14.8 Å². The standard InChI is InChI=1S/C15H27NO3/c1-13(2,3)19-12(18)16-15(6,10-17)11-7-8-14(4,5)9-11/h10-11H,7-9H2,1-6H3,(H,16,18). The average molecular weight is 269 g/mol. The van der Waals surface area contributed by atoms with Crippen molar-refractivity contribution < 1.29 is 14.3 Å². The van der Waals surface area contributed by atoms with Crippen LogP contribution >= 0.6 is 0 Å². The van der Waals surface area contributed by atoms with E-state index in [0.29, 0.717) is 0 Å². The first kappa shape index (κ1) is 16.0. The van der Waals surface area contributed by atoms with Crippen LogP contribution in [0.4, 0.5) is 4.79 Å². The fourth-order valence-electron chi connectivity index (χ4n) is 2.70. The van der Waals surface area contributed by atoms with Gasteiger partial charge in [0.05, 0.1) is 5.54 Å². The van der Waals surface area contributed by atoms with Gasteiger partial charge in [0.1, 0.15) is 11.9 Å². The summed E-state index contributed by atoms with van der Waals surface area (Å²) in [7, 11) is 0. The summed E-state index contributed by atoms with van der Waals surface area (Å²) in [6, 6.07) is 0. The molecule has 19 heavy (non-hydrogen) atoms. The van der Waals surface area contributed by atoms with Crippen LogP contribution in [-0.2, 0) is 9.53 Å². The van der Waals surface area contributed by atoms with Crippen LogP contribution in [0.15, 0.2) is 0 Å². The number of hydrogen-bond acceptors (Lipinski definition) is 3. The molecule has 0 aromatic heterocycles. The number of hydrogen-bond donors (Lipinski definition) is 1. The Labute approximate surface area is 116 Å². The van der Waals surface area contributed by atoms with E-state index in [-0.39, 0.29) is 11.3 Å². The molecule has 1 fully saturated rings. The number of ether oxygens (including phenoxy) is 1. The van der Waals surface area contributed by atoms with Crippen molar-refractivity contribution in [1.29, 1.82) is 0 Å². The lowest BCUT2D eigenvalue weighted by Crippen LogP contribution is -2.53. The van der Waals surface area contributed by atoms with Crippen LogP contribution in [0.25, 0.3) is 0 Å². The first-order valence-corrected chi connectivity index (χ1v) is 6.95. The number of carbonyl (C=O) groups is 2. The molecule has 1 aliphatic carbocycles. The second kappa shape index (κ2) is 5.14. The van der Waals surface area contributed by atoms with Gasteiger partial charge in [-0.3, -0.25) is 0 Å². The normalized spacial score (nSPS) is 25.5. The Morgan fingerprint density at radius 2 is 1.89 bits per heavy atom. The molecule has 110 valence electrons. The van der Waals surface area contributed by atoms with Crippen LogP contribution < -0.4 is 5.32 Å². The van der Waals surface area contributed by atoms with Gasteiger partial charge >= 0.3 is 6.09 Å². The van der Waals surface area contributed by atoms with Crippen LogP contribution in [0.5, 0.6) is 0 Å². The highest BCUT2D eigenvalue weighted by Crippen LogP contribution is 2.44. The van der Waals surface area contributed by atoms with Gasteiger partial charge in [-0.2, -0.15) is 0 Å². The molecule has 0 heterocycles. The van der Waals surface area contributed by atoms with Crippen molar-refractivity contribution in [3.8, 4) is 0 Å². The fraction of sp³-hybridized carbons (Fsp3) is 0.867. The Morgan fingerprint density at radius 1 is 1.32 bits per heavy atom. The summed E-state index contributed by atoms with van der Waals surface area (Å²) in [4.78, 5) is 23.3. The second-order valence-corrected chi connectivity index (χ2v) is 7.63. The van der Waals surface area contributed by atoms with Gasteiger partial charge in [0, 0.05) is 0 Å². The van der Waals surface area contributed by atoms with Crippen molar-refractivity contribution in [3.05, 3.63) is 0 Å². The maximum Gasteiger partial charge on any atom is 0.408 e. The van der Waals surface area contributed by atoms with Gasteiger partial charge in [-0.05, 0) is 58.3 Å². The van der Waals surface area contributed by atoms with E-state index in [0.717, 1.165) is 25.5 Å². The van der Waals surface area contributed by atoms with Crippen LogP contribution in [0.2, 0.25) is 0 Å². The summed E-state index contributed by atoms with van der Waals surface area (Å²) >= 11 is 0. The molecule has 0 aromatic carbocycles. The smallest absolute Gasteiger partial charge is 0.408 e. The number of carbonyl (C=O) groups excluding carboxylic acids is 2. The molecule has 2 unspecified atom stereocenters. The monoisotopic (exact) mass is 269 g/mol. The number of nitrogens with one attached hydrogen (secondary N) is 1. The zero-order valence-corrected chi connectivity index (χ0v) is 13.0. The van der Waals surface area contributed by atoms with E-state index < -0.39 is 17.2 Å². The first-order chi connectivity index (χ1) is 8.47. The van der Waals surface area contributed by atoms with Gasteiger partial charge in [-0.15, -0.1) is 0 Å². The molecule has 0 aromatic rings. The molecule has 2 atom stereocenters. The number of alkyl carbamates (subject to hydrolysis) is 1. The van der Waals surface area contributed by atoms with E-state index in [2.05, 4.69) is 19.2 Å². The van der Waals surface area contributed by atoms with Gasteiger partial charge in [0.25, 0.3) is 0 Å². The van der Waals surface area contributed by atoms with E-state index in [1.807, 2.05) is 20.8 Å². The van der Waals surface area contributed by atoms with Crippen molar-refractivity contribution in [3.63, 3.8) is 0 Å². The van der Waals surface area contributed by atoms with Gasteiger partial charge in [-0.25, -0.2) is 4.79 Å². The minimum Gasteiger partial charge on any atom is -0.444 e. The van der Waals surface area contributed by atoms with Gasteiger partial charge in [0.15, 0.2) is 0 Å².